The molecule has 0 bridgehead atoms. The van der Waals surface area contributed by atoms with Crippen molar-refractivity contribution in [2.24, 2.45) is 5.50 Å². The zero-order valence-electron chi connectivity index (χ0n) is 13.5. The predicted molar refractivity (Wildman–Crippen MR) is 100 cm³/mol. The van der Waals surface area contributed by atoms with Crippen molar-refractivity contribution in [3.63, 3.8) is 0 Å². The van der Waals surface area contributed by atoms with Gasteiger partial charge in [0.05, 0.1) is 15.9 Å². The van der Waals surface area contributed by atoms with Gasteiger partial charge in [0.15, 0.2) is 0 Å². The molecule has 1 rings (SSSR count). The average molecular weight is 464 g/mol. The molecule has 0 aliphatic rings. The van der Waals surface area contributed by atoms with Gasteiger partial charge in [0.1, 0.15) is 0 Å². The van der Waals surface area contributed by atoms with Crippen molar-refractivity contribution in [2.45, 2.75) is 33.7 Å². The molecular weight excluding hydrogens is 444 g/mol. The zero-order valence-corrected chi connectivity index (χ0v) is 17.7. The maximum atomic E-state index is 12.7. The molecule has 138 valence electrons. The van der Waals surface area contributed by atoms with Crippen molar-refractivity contribution in [1.82, 2.24) is 5.09 Å². The van der Waals surface area contributed by atoms with Gasteiger partial charge in [0.2, 0.25) is 5.75 Å². The Morgan fingerprint density at radius 1 is 1.42 bits per heavy atom. The maximum absolute atomic E-state index is 12.7. The van der Waals surface area contributed by atoms with Gasteiger partial charge < -0.3 is 9.42 Å². The Balaban J connectivity index is 0.00000254. The van der Waals surface area contributed by atoms with E-state index in [9.17, 15) is 24.1 Å². The normalized spacial score (nSPS) is 15.7. The molecule has 2 atom stereocenters. The number of nitro groups is 1. The van der Waals surface area contributed by atoms with Gasteiger partial charge >= 0.3 is 19.1 Å². The second-order valence-electron chi connectivity index (χ2n) is 4.39. The molecule has 0 aliphatic heterocycles. The van der Waals surface area contributed by atoms with Crippen LogP contribution in [0.4, 0.5) is 5.69 Å². The van der Waals surface area contributed by atoms with Crippen molar-refractivity contribution >= 4 is 46.1 Å². The van der Waals surface area contributed by atoms with E-state index in [2.05, 4.69) is 21.0 Å². The molecule has 2 unspecified atom stereocenters. The number of benzene rings is 1. The van der Waals surface area contributed by atoms with E-state index in [1.807, 2.05) is 13.8 Å². The van der Waals surface area contributed by atoms with Crippen LogP contribution >= 0.6 is 40.4 Å². The Morgan fingerprint density at radius 2 is 1.96 bits per heavy atom. The number of nitro benzene ring substituents is 1. The summed E-state index contributed by atoms with van der Waals surface area (Å²) in [5.41, 5.74) is 4.57. The topological polar surface area (TPSA) is 145 Å². The molecule has 13 heteroatoms. The van der Waals surface area contributed by atoms with Crippen LogP contribution in [0.15, 0.2) is 22.7 Å². The number of hydrogen-bond donors (Lipinski definition) is 3. The minimum atomic E-state index is -4.24. The number of halogens is 1. The van der Waals surface area contributed by atoms with Crippen molar-refractivity contribution in [1.29, 1.82) is 0 Å². The standard InChI is InChI=1S/C9H14BrN3O6P2S.C2H6/c1-6(2)12-21(18,22-20(11,16)17)19-9-4-3-7(10)5-8(9)13(14)15;1-2/h3-6H,1-2H3,(H,12,18)(H3,11,16,17);1-2H3. The summed E-state index contributed by atoms with van der Waals surface area (Å²) in [6, 6.07) is 3.48. The molecule has 0 heterocycles. The fourth-order valence-corrected chi connectivity index (χ4v) is 8.75. The Morgan fingerprint density at radius 3 is 2.38 bits per heavy atom. The quantitative estimate of drug-likeness (QED) is 0.298. The molecule has 0 saturated carbocycles. The molecule has 0 fully saturated rings. The first-order valence-electron chi connectivity index (χ1n) is 6.76. The van der Waals surface area contributed by atoms with Crippen LogP contribution in [0.1, 0.15) is 27.7 Å². The van der Waals surface area contributed by atoms with Gasteiger partial charge in [-0.05, 0) is 26.0 Å². The molecule has 0 aliphatic carbocycles. The van der Waals surface area contributed by atoms with Crippen LogP contribution in [0.3, 0.4) is 0 Å². The van der Waals surface area contributed by atoms with Gasteiger partial charge in [0, 0.05) is 16.6 Å². The lowest BCUT2D eigenvalue weighted by molar-refractivity contribution is -0.385. The highest BCUT2D eigenvalue weighted by Gasteiger charge is 2.36. The molecule has 1 aromatic rings. The van der Waals surface area contributed by atoms with E-state index < -0.39 is 24.1 Å². The second kappa shape index (κ2) is 9.91. The largest absolute Gasteiger partial charge is 0.418 e. The highest BCUT2D eigenvalue weighted by atomic mass is 79.9. The van der Waals surface area contributed by atoms with Crippen LogP contribution < -0.4 is 15.1 Å². The summed E-state index contributed by atoms with van der Waals surface area (Å²) < 4.78 is 29.6. The minimum absolute atomic E-state index is 0.0287. The molecule has 24 heavy (non-hydrogen) atoms. The number of nitrogens with two attached hydrogens (primary N) is 1. The SMILES string of the molecule is CC.CC(C)NP(=O)(Oc1ccc(Br)cc1[N+](=O)[O-])SP(N)(=O)O. The van der Waals surface area contributed by atoms with Gasteiger partial charge in [-0.2, -0.15) is 0 Å². The second-order valence-corrected chi connectivity index (χ2v) is 13.0. The van der Waals surface area contributed by atoms with Crippen LogP contribution in [0.5, 0.6) is 5.75 Å². The number of rotatable bonds is 7. The summed E-state index contributed by atoms with van der Waals surface area (Å²) in [5, 5.41) is 13.5. The van der Waals surface area contributed by atoms with E-state index >= 15 is 0 Å². The Hall–Kier alpha value is -0.410. The van der Waals surface area contributed by atoms with E-state index in [4.69, 9.17) is 10.0 Å². The first-order valence-corrected chi connectivity index (χ1v) is 12.9. The van der Waals surface area contributed by atoms with Crippen molar-refractivity contribution in [3.05, 3.63) is 32.8 Å². The Labute approximate surface area is 152 Å². The monoisotopic (exact) mass is 463 g/mol. The average Bonchev–Trinajstić information content (AvgIpc) is 2.39. The maximum Gasteiger partial charge on any atom is 0.385 e. The first-order chi connectivity index (χ1) is 10.9. The van der Waals surface area contributed by atoms with Crippen LogP contribution in [-0.2, 0) is 9.13 Å². The fourth-order valence-electron chi connectivity index (χ4n) is 1.38. The van der Waals surface area contributed by atoms with Crippen LogP contribution in [0.2, 0.25) is 0 Å². The van der Waals surface area contributed by atoms with E-state index in [-0.39, 0.29) is 22.8 Å². The van der Waals surface area contributed by atoms with E-state index in [1.165, 1.54) is 18.2 Å². The molecule has 0 aromatic heterocycles. The molecule has 0 spiro atoms. The van der Waals surface area contributed by atoms with E-state index in [1.54, 1.807) is 13.8 Å². The van der Waals surface area contributed by atoms with E-state index in [0.717, 1.165) is 0 Å². The lowest BCUT2D eigenvalue weighted by atomic mass is 10.3. The van der Waals surface area contributed by atoms with Gasteiger partial charge in [-0.3, -0.25) is 20.2 Å². The molecule has 0 radical (unpaired) electrons. The highest BCUT2D eigenvalue weighted by molar-refractivity contribution is 9.10. The summed E-state index contributed by atoms with van der Waals surface area (Å²) in [7, 11) is 0. The predicted octanol–water partition coefficient (Wildman–Crippen LogP) is 4.66. The lowest BCUT2D eigenvalue weighted by Gasteiger charge is -2.21. The van der Waals surface area contributed by atoms with Gasteiger partial charge in [-0.15, -0.1) is 0 Å². The summed E-state index contributed by atoms with van der Waals surface area (Å²) in [6.07, 6.45) is 0. The number of hydrogen-bond acceptors (Lipinski definition) is 6. The van der Waals surface area contributed by atoms with Gasteiger partial charge in [-0.25, -0.2) is 9.65 Å². The lowest BCUT2D eigenvalue weighted by Crippen LogP contribution is -2.21. The molecule has 0 amide bonds. The fraction of sp³-hybridized carbons (Fsp3) is 0.455. The van der Waals surface area contributed by atoms with Gasteiger partial charge in [-0.1, -0.05) is 29.8 Å². The van der Waals surface area contributed by atoms with Crippen molar-refractivity contribution in [3.8, 4) is 5.75 Å². The zero-order chi connectivity index (χ0) is 19.1. The number of nitrogens with zero attached hydrogens (tertiary/aromatic N) is 1. The van der Waals surface area contributed by atoms with Crippen LogP contribution in [0, 0.1) is 10.1 Å². The summed E-state index contributed by atoms with van der Waals surface area (Å²) >= 11 is 3.11. The molecular formula is C11H20BrN3O6P2S. The van der Waals surface area contributed by atoms with E-state index in [0.29, 0.717) is 4.47 Å². The third kappa shape index (κ3) is 8.62. The third-order valence-electron chi connectivity index (χ3n) is 1.98. The third-order valence-corrected chi connectivity index (χ3v) is 10.1. The minimum Gasteiger partial charge on any atom is -0.418 e. The van der Waals surface area contributed by atoms with Crippen LogP contribution in [-0.4, -0.2) is 15.9 Å². The van der Waals surface area contributed by atoms with Crippen molar-refractivity contribution in [2.75, 3.05) is 0 Å². The molecule has 9 nitrogen and oxygen atoms in total. The highest BCUT2D eigenvalue weighted by Crippen LogP contribution is 2.71. The smallest absolute Gasteiger partial charge is 0.385 e. The number of nitrogens with one attached hydrogen (secondary N) is 1. The summed E-state index contributed by atoms with van der Waals surface area (Å²) in [5.74, 6) is -0.300. The van der Waals surface area contributed by atoms with Crippen molar-refractivity contribution < 1.29 is 23.5 Å². The van der Waals surface area contributed by atoms with Gasteiger partial charge in [0.25, 0.3) is 0 Å². The summed E-state index contributed by atoms with van der Waals surface area (Å²) in [6.45, 7) is -0.973. The molecule has 0 saturated heterocycles. The first kappa shape index (κ1) is 23.6. The molecule has 4 N–H and O–H groups in total. The van der Waals surface area contributed by atoms with Crippen LogP contribution in [0.25, 0.3) is 0 Å². The Bertz CT molecular complexity index is 669. The Kier molecular flexibility index (Phi) is 9.74. The summed E-state index contributed by atoms with van der Waals surface area (Å²) in [4.78, 5) is 19.5. The molecule has 1 aromatic carbocycles.